The van der Waals surface area contributed by atoms with Gasteiger partial charge < -0.3 is 14.2 Å². The van der Waals surface area contributed by atoms with Gasteiger partial charge in [0.1, 0.15) is 15.7 Å². The lowest BCUT2D eigenvalue weighted by atomic mass is 10.1. The van der Waals surface area contributed by atoms with Crippen LogP contribution in [0.1, 0.15) is 32.4 Å². The van der Waals surface area contributed by atoms with Crippen molar-refractivity contribution in [2.45, 2.75) is 31.7 Å². The van der Waals surface area contributed by atoms with Crippen LogP contribution in [0.25, 0.3) is 0 Å². The van der Waals surface area contributed by atoms with Crippen molar-refractivity contribution in [3.8, 4) is 17.2 Å². The minimum absolute atomic E-state index is 0.0411. The number of benzene rings is 2. The van der Waals surface area contributed by atoms with Gasteiger partial charge in [-0.05, 0) is 50.6 Å². The second kappa shape index (κ2) is 9.69. The monoisotopic (exact) mass is 447 g/mol. The number of sulfonamides is 1. The molecule has 0 radical (unpaired) electrons. The van der Waals surface area contributed by atoms with Gasteiger partial charge in [0.15, 0.2) is 11.5 Å². The zero-order chi connectivity index (χ0) is 20.9. The third kappa shape index (κ3) is 5.03. The summed E-state index contributed by atoms with van der Waals surface area (Å²) in [5.41, 5.74) is 0.714. The van der Waals surface area contributed by atoms with Crippen molar-refractivity contribution in [2.24, 2.45) is 0 Å². The number of nitrogens with one attached hydrogen (secondary N) is 1. The van der Waals surface area contributed by atoms with Gasteiger partial charge in [0.2, 0.25) is 10.0 Å². The lowest BCUT2D eigenvalue weighted by Gasteiger charge is -2.18. The molecule has 0 aromatic heterocycles. The normalized spacial score (nSPS) is 12.5. The molecule has 0 heterocycles. The minimum Gasteiger partial charge on any atom is -0.495 e. The van der Waals surface area contributed by atoms with Crippen LogP contribution in [0.5, 0.6) is 17.2 Å². The van der Waals surface area contributed by atoms with Crippen molar-refractivity contribution < 1.29 is 22.6 Å². The largest absolute Gasteiger partial charge is 0.495 e. The average molecular weight is 448 g/mol. The minimum atomic E-state index is -3.93. The Hall–Kier alpha value is -1.67. The number of hydrogen-bond donors (Lipinski definition) is 1. The number of hydrogen-bond acceptors (Lipinski definition) is 5. The fraction of sp³-hybridized carbons (Fsp3) is 0.368. The Morgan fingerprint density at radius 1 is 0.964 bits per heavy atom. The molecule has 0 saturated heterocycles. The maximum Gasteiger partial charge on any atom is 0.242 e. The van der Waals surface area contributed by atoms with E-state index >= 15 is 0 Å². The predicted octanol–water partition coefficient (Wildman–Crippen LogP) is 4.84. The van der Waals surface area contributed by atoms with Gasteiger partial charge in [-0.3, -0.25) is 0 Å². The summed E-state index contributed by atoms with van der Waals surface area (Å²) >= 11 is 12.2. The highest BCUT2D eigenvalue weighted by atomic mass is 35.5. The quantitative estimate of drug-likeness (QED) is 0.595. The molecule has 0 saturated carbocycles. The molecule has 2 aromatic rings. The molecule has 0 amide bonds. The van der Waals surface area contributed by atoms with E-state index in [9.17, 15) is 8.42 Å². The smallest absolute Gasteiger partial charge is 0.242 e. The summed E-state index contributed by atoms with van der Waals surface area (Å²) in [5.74, 6) is 1.46. The fourth-order valence-electron chi connectivity index (χ4n) is 2.58. The van der Waals surface area contributed by atoms with Crippen molar-refractivity contribution in [3.05, 3.63) is 45.9 Å². The van der Waals surface area contributed by atoms with Crippen molar-refractivity contribution in [1.82, 2.24) is 4.72 Å². The van der Waals surface area contributed by atoms with E-state index in [0.717, 1.165) is 0 Å². The van der Waals surface area contributed by atoms with E-state index < -0.39 is 16.1 Å². The number of rotatable bonds is 9. The highest BCUT2D eigenvalue weighted by molar-refractivity contribution is 7.89. The zero-order valence-corrected chi connectivity index (χ0v) is 18.4. The van der Waals surface area contributed by atoms with Crippen LogP contribution < -0.4 is 18.9 Å². The Morgan fingerprint density at radius 2 is 1.57 bits per heavy atom. The maximum atomic E-state index is 12.8. The van der Waals surface area contributed by atoms with E-state index in [-0.39, 0.29) is 14.9 Å². The molecule has 1 N–H and O–H groups in total. The van der Waals surface area contributed by atoms with Gasteiger partial charge in [-0.1, -0.05) is 29.3 Å². The SMILES string of the molecule is CCOc1ccc([C@H](C)NS(=O)(=O)c2ccc(OC)c(Cl)c2Cl)cc1OCC. The number of methoxy groups -OCH3 is 1. The topological polar surface area (TPSA) is 73.9 Å². The molecule has 2 aromatic carbocycles. The van der Waals surface area contributed by atoms with E-state index in [1.54, 1.807) is 25.1 Å². The van der Waals surface area contributed by atoms with E-state index in [1.165, 1.54) is 19.2 Å². The molecule has 0 bridgehead atoms. The summed E-state index contributed by atoms with van der Waals surface area (Å²) in [6.45, 7) is 6.43. The first-order chi connectivity index (χ1) is 13.2. The zero-order valence-electron chi connectivity index (χ0n) is 16.1. The van der Waals surface area contributed by atoms with Gasteiger partial charge in [-0.15, -0.1) is 0 Å². The summed E-state index contributed by atoms with van der Waals surface area (Å²) in [6, 6.07) is 7.56. The van der Waals surface area contributed by atoms with E-state index in [0.29, 0.717) is 36.0 Å². The summed E-state index contributed by atoms with van der Waals surface area (Å²) in [4.78, 5) is -0.122. The molecule has 6 nitrogen and oxygen atoms in total. The van der Waals surface area contributed by atoms with Crippen LogP contribution in [0, 0.1) is 0 Å². The molecule has 154 valence electrons. The summed E-state index contributed by atoms with van der Waals surface area (Å²) in [5, 5.41) is -0.0539. The third-order valence-corrected chi connectivity index (χ3v) is 6.48. The van der Waals surface area contributed by atoms with Crippen molar-refractivity contribution in [2.75, 3.05) is 20.3 Å². The predicted molar refractivity (Wildman–Crippen MR) is 111 cm³/mol. The number of ether oxygens (including phenoxy) is 3. The molecule has 28 heavy (non-hydrogen) atoms. The fourth-order valence-corrected chi connectivity index (χ4v) is 4.65. The molecule has 1 atom stereocenters. The molecular weight excluding hydrogens is 425 g/mol. The van der Waals surface area contributed by atoms with Crippen LogP contribution in [0.4, 0.5) is 0 Å². The van der Waals surface area contributed by atoms with Crippen LogP contribution in [0.3, 0.4) is 0 Å². The summed E-state index contributed by atoms with van der Waals surface area (Å²) in [6.07, 6.45) is 0. The highest BCUT2D eigenvalue weighted by Crippen LogP contribution is 2.37. The van der Waals surface area contributed by atoms with Gasteiger partial charge >= 0.3 is 0 Å². The van der Waals surface area contributed by atoms with Crippen LogP contribution >= 0.6 is 23.2 Å². The Morgan fingerprint density at radius 3 is 2.18 bits per heavy atom. The second-order valence-electron chi connectivity index (χ2n) is 5.81. The Kier molecular flexibility index (Phi) is 7.83. The molecular formula is C19H23Cl2NO5S. The van der Waals surface area contributed by atoms with E-state index in [2.05, 4.69) is 4.72 Å². The van der Waals surface area contributed by atoms with Gasteiger partial charge in [0.05, 0.1) is 25.3 Å². The van der Waals surface area contributed by atoms with Crippen LogP contribution in [-0.2, 0) is 10.0 Å². The first-order valence-corrected chi connectivity index (χ1v) is 10.9. The van der Waals surface area contributed by atoms with Crippen LogP contribution in [0.2, 0.25) is 10.0 Å². The Balaban J connectivity index is 2.32. The van der Waals surface area contributed by atoms with Crippen molar-refractivity contribution in [3.63, 3.8) is 0 Å². The molecule has 0 aliphatic carbocycles. The first-order valence-electron chi connectivity index (χ1n) is 8.69. The van der Waals surface area contributed by atoms with Gasteiger partial charge in [-0.25, -0.2) is 13.1 Å². The Labute approximate surface area is 175 Å². The summed E-state index contributed by atoms with van der Waals surface area (Å²) < 4.78 is 44.4. The van der Waals surface area contributed by atoms with Gasteiger partial charge in [0, 0.05) is 6.04 Å². The second-order valence-corrected chi connectivity index (χ2v) is 8.25. The lowest BCUT2D eigenvalue weighted by molar-refractivity contribution is 0.287. The molecule has 9 heteroatoms. The van der Waals surface area contributed by atoms with Crippen LogP contribution in [0.15, 0.2) is 35.2 Å². The lowest BCUT2D eigenvalue weighted by Crippen LogP contribution is -2.27. The van der Waals surface area contributed by atoms with E-state index in [4.69, 9.17) is 37.4 Å². The van der Waals surface area contributed by atoms with E-state index in [1.807, 2.05) is 13.8 Å². The molecule has 0 unspecified atom stereocenters. The van der Waals surface area contributed by atoms with Gasteiger partial charge in [0.25, 0.3) is 0 Å². The Bertz CT molecular complexity index is 934. The molecule has 2 rings (SSSR count). The molecule has 0 aliphatic heterocycles. The maximum absolute atomic E-state index is 12.8. The molecule has 0 aliphatic rings. The first kappa shape index (κ1) is 22.6. The summed E-state index contributed by atoms with van der Waals surface area (Å²) in [7, 11) is -2.50. The standard InChI is InChI=1S/C19H23Cl2NO5S/c1-5-26-14-8-7-13(11-16(14)27-6-2)12(3)22-28(23,24)17-10-9-15(25-4)18(20)19(17)21/h7-12,22H,5-6H2,1-4H3/t12-/m0/s1. The average Bonchev–Trinajstić information content (AvgIpc) is 2.65. The van der Waals surface area contributed by atoms with Gasteiger partial charge in [-0.2, -0.15) is 0 Å². The molecule has 0 fully saturated rings. The van der Waals surface area contributed by atoms with Crippen molar-refractivity contribution >= 4 is 33.2 Å². The molecule has 0 spiro atoms. The third-order valence-electron chi connectivity index (χ3n) is 3.92. The van der Waals surface area contributed by atoms with Crippen LogP contribution in [-0.4, -0.2) is 28.7 Å². The number of halogens is 2. The highest BCUT2D eigenvalue weighted by Gasteiger charge is 2.24. The van der Waals surface area contributed by atoms with Crippen molar-refractivity contribution in [1.29, 1.82) is 0 Å².